The maximum absolute atomic E-state index is 13.1. The minimum atomic E-state index is 0.0838. The van der Waals surface area contributed by atoms with Crippen molar-refractivity contribution in [3.63, 3.8) is 0 Å². The number of benzene rings is 2. The number of nitrogens with zero attached hydrogens (tertiary/aromatic N) is 3. The molecule has 0 saturated carbocycles. The number of ether oxygens (including phenoxy) is 1. The van der Waals surface area contributed by atoms with Crippen molar-refractivity contribution < 1.29 is 9.53 Å². The highest BCUT2D eigenvalue weighted by Crippen LogP contribution is 2.29. The molecular weight excluding hydrogens is 374 g/mol. The summed E-state index contributed by atoms with van der Waals surface area (Å²) in [6.45, 7) is 7.97. The van der Waals surface area contributed by atoms with Crippen molar-refractivity contribution in [1.29, 1.82) is 0 Å². The fourth-order valence-electron chi connectivity index (χ4n) is 4.28. The standard InChI is InChI=1S/C25H33N3O2/c1-3-4-18-30-23-10-11-24-20(19-23)12-15-28(25(24)29)22-8-6-21(7-9-22)27-14-5-13-26(2)16-17-27/h6-11,19H,3-5,12-18H2,1-2H3. The third-order valence-corrected chi connectivity index (χ3v) is 6.17. The molecule has 0 atom stereocenters. The van der Waals surface area contributed by atoms with Gasteiger partial charge in [-0.3, -0.25) is 4.79 Å². The summed E-state index contributed by atoms with van der Waals surface area (Å²) in [5.41, 5.74) is 4.11. The summed E-state index contributed by atoms with van der Waals surface area (Å²) in [6.07, 6.45) is 4.20. The minimum Gasteiger partial charge on any atom is -0.494 e. The fourth-order valence-corrected chi connectivity index (χ4v) is 4.28. The van der Waals surface area contributed by atoms with E-state index >= 15 is 0 Å². The molecule has 4 rings (SSSR count). The Hall–Kier alpha value is -2.53. The summed E-state index contributed by atoms with van der Waals surface area (Å²) in [5.74, 6) is 0.955. The molecule has 1 saturated heterocycles. The number of unbranched alkanes of at least 4 members (excludes halogenated alkanes) is 1. The Balaban J connectivity index is 1.44. The maximum atomic E-state index is 13.1. The van der Waals surface area contributed by atoms with Crippen LogP contribution < -0.4 is 14.5 Å². The number of hydrogen-bond donors (Lipinski definition) is 0. The number of amides is 1. The average molecular weight is 408 g/mol. The van der Waals surface area contributed by atoms with Crippen LogP contribution in [0.15, 0.2) is 42.5 Å². The Morgan fingerprint density at radius 1 is 0.933 bits per heavy atom. The van der Waals surface area contributed by atoms with E-state index in [1.165, 1.54) is 12.1 Å². The van der Waals surface area contributed by atoms with Crippen molar-refractivity contribution >= 4 is 17.3 Å². The van der Waals surface area contributed by atoms with Gasteiger partial charge in [-0.05, 0) is 80.9 Å². The Kier molecular flexibility index (Phi) is 6.58. The molecule has 160 valence electrons. The highest BCUT2D eigenvalue weighted by molar-refractivity contribution is 6.08. The van der Waals surface area contributed by atoms with Crippen molar-refractivity contribution in [2.75, 3.05) is 56.2 Å². The maximum Gasteiger partial charge on any atom is 0.258 e. The molecule has 2 heterocycles. The Bertz CT molecular complexity index is 865. The second kappa shape index (κ2) is 9.52. The molecule has 0 unspecified atom stereocenters. The first-order valence-electron chi connectivity index (χ1n) is 11.3. The molecule has 0 aliphatic carbocycles. The second-order valence-electron chi connectivity index (χ2n) is 8.39. The van der Waals surface area contributed by atoms with E-state index in [9.17, 15) is 4.79 Å². The van der Waals surface area contributed by atoms with Crippen LogP contribution in [0.4, 0.5) is 11.4 Å². The van der Waals surface area contributed by atoms with E-state index in [0.29, 0.717) is 6.54 Å². The van der Waals surface area contributed by atoms with Gasteiger partial charge in [0.15, 0.2) is 0 Å². The van der Waals surface area contributed by atoms with Gasteiger partial charge < -0.3 is 19.4 Å². The smallest absolute Gasteiger partial charge is 0.258 e. The van der Waals surface area contributed by atoms with Gasteiger partial charge in [-0.15, -0.1) is 0 Å². The number of carbonyl (C=O) groups excluding carboxylic acids is 1. The molecule has 2 aromatic carbocycles. The average Bonchev–Trinajstić information content (AvgIpc) is 2.99. The topological polar surface area (TPSA) is 36.0 Å². The predicted octanol–water partition coefficient (Wildman–Crippen LogP) is 4.21. The van der Waals surface area contributed by atoms with Crippen LogP contribution in [-0.4, -0.2) is 57.2 Å². The molecule has 0 radical (unpaired) electrons. The van der Waals surface area contributed by atoms with E-state index in [-0.39, 0.29) is 5.91 Å². The lowest BCUT2D eigenvalue weighted by Crippen LogP contribution is -2.37. The summed E-state index contributed by atoms with van der Waals surface area (Å²) in [7, 11) is 2.19. The highest BCUT2D eigenvalue weighted by Gasteiger charge is 2.26. The first-order valence-corrected chi connectivity index (χ1v) is 11.3. The SMILES string of the molecule is CCCCOc1ccc2c(c1)CCN(c1ccc(N3CCCN(C)CC3)cc1)C2=O. The van der Waals surface area contributed by atoms with Crippen LogP contribution in [0.25, 0.3) is 0 Å². The molecule has 5 heteroatoms. The largest absolute Gasteiger partial charge is 0.494 e. The minimum absolute atomic E-state index is 0.0838. The van der Waals surface area contributed by atoms with E-state index in [0.717, 1.165) is 74.6 Å². The van der Waals surface area contributed by atoms with E-state index in [1.54, 1.807) is 0 Å². The number of anilines is 2. The molecule has 2 aromatic rings. The van der Waals surface area contributed by atoms with E-state index < -0.39 is 0 Å². The van der Waals surface area contributed by atoms with Crippen LogP contribution in [0, 0.1) is 0 Å². The molecule has 5 nitrogen and oxygen atoms in total. The third-order valence-electron chi connectivity index (χ3n) is 6.17. The number of likely N-dealkylation sites (N-methyl/N-ethyl adjacent to an activating group) is 1. The van der Waals surface area contributed by atoms with Crippen LogP contribution in [0.3, 0.4) is 0 Å². The lowest BCUT2D eigenvalue weighted by atomic mass is 9.98. The zero-order valence-electron chi connectivity index (χ0n) is 18.3. The number of fused-ring (bicyclic) bond motifs is 1. The van der Waals surface area contributed by atoms with Gasteiger partial charge in [0.05, 0.1) is 6.61 Å². The van der Waals surface area contributed by atoms with Gasteiger partial charge >= 0.3 is 0 Å². The zero-order valence-corrected chi connectivity index (χ0v) is 18.3. The van der Waals surface area contributed by atoms with Gasteiger partial charge in [-0.25, -0.2) is 0 Å². The quantitative estimate of drug-likeness (QED) is 0.672. The van der Waals surface area contributed by atoms with Gasteiger partial charge in [-0.2, -0.15) is 0 Å². The predicted molar refractivity (Wildman–Crippen MR) is 123 cm³/mol. The van der Waals surface area contributed by atoms with Crippen molar-refractivity contribution in [2.24, 2.45) is 0 Å². The Labute approximate surface area is 180 Å². The van der Waals surface area contributed by atoms with Crippen LogP contribution in [0.2, 0.25) is 0 Å². The Morgan fingerprint density at radius 2 is 1.73 bits per heavy atom. The number of rotatable bonds is 6. The molecule has 0 aromatic heterocycles. The molecule has 0 N–H and O–H groups in total. The normalized spacial score (nSPS) is 17.6. The zero-order chi connectivity index (χ0) is 20.9. The number of carbonyl (C=O) groups is 1. The lowest BCUT2D eigenvalue weighted by molar-refractivity contribution is 0.0980. The number of hydrogen-bond acceptors (Lipinski definition) is 4. The third kappa shape index (κ3) is 4.62. The summed E-state index contributed by atoms with van der Waals surface area (Å²) in [4.78, 5) is 19.9. The van der Waals surface area contributed by atoms with Crippen LogP contribution >= 0.6 is 0 Å². The van der Waals surface area contributed by atoms with E-state index in [2.05, 4.69) is 48.0 Å². The van der Waals surface area contributed by atoms with Crippen molar-refractivity contribution in [3.8, 4) is 5.75 Å². The molecule has 2 aliphatic rings. The molecule has 1 amide bonds. The highest BCUT2D eigenvalue weighted by atomic mass is 16.5. The van der Waals surface area contributed by atoms with Gasteiger partial charge in [-0.1, -0.05) is 13.3 Å². The first kappa shape index (κ1) is 20.7. The van der Waals surface area contributed by atoms with Crippen LogP contribution in [0.5, 0.6) is 5.75 Å². The Morgan fingerprint density at radius 3 is 2.53 bits per heavy atom. The van der Waals surface area contributed by atoms with Crippen LogP contribution in [-0.2, 0) is 6.42 Å². The van der Waals surface area contributed by atoms with Crippen LogP contribution in [0.1, 0.15) is 42.1 Å². The molecule has 30 heavy (non-hydrogen) atoms. The molecule has 0 bridgehead atoms. The molecule has 0 spiro atoms. The fraction of sp³-hybridized carbons (Fsp3) is 0.480. The molecule has 1 fully saturated rings. The van der Waals surface area contributed by atoms with Gasteiger partial charge in [0.25, 0.3) is 5.91 Å². The summed E-state index contributed by atoms with van der Waals surface area (Å²) >= 11 is 0. The molecular formula is C25H33N3O2. The van der Waals surface area contributed by atoms with Gasteiger partial charge in [0, 0.05) is 43.1 Å². The van der Waals surface area contributed by atoms with E-state index in [1.807, 2.05) is 23.1 Å². The summed E-state index contributed by atoms with van der Waals surface area (Å²) in [6, 6.07) is 14.4. The molecule has 2 aliphatic heterocycles. The van der Waals surface area contributed by atoms with Crippen molar-refractivity contribution in [3.05, 3.63) is 53.6 Å². The van der Waals surface area contributed by atoms with Crippen molar-refractivity contribution in [2.45, 2.75) is 32.6 Å². The van der Waals surface area contributed by atoms with Gasteiger partial charge in [0.1, 0.15) is 5.75 Å². The monoisotopic (exact) mass is 407 g/mol. The summed E-state index contributed by atoms with van der Waals surface area (Å²) in [5, 5.41) is 0. The van der Waals surface area contributed by atoms with Crippen molar-refractivity contribution in [1.82, 2.24) is 4.90 Å². The van der Waals surface area contributed by atoms with E-state index in [4.69, 9.17) is 4.74 Å². The summed E-state index contributed by atoms with van der Waals surface area (Å²) < 4.78 is 5.81. The van der Waals surface area contributed by atoms with Gasteiger partial charge in [0.2, 0.25) is 0 Å². The lowest BCUT2D eigenvalue weighted by Gasteiger charge is -2.30. The second-order valence-corrected chi connectivity index (χ2v) is 8.39. The first-order chi connectivity index (χ1) is 14.7.